The normalized spacial score (nSPS) is 11.6. The van der Waals surface area contributed by atoms with Gasteiger partial charge in [0.2, 0.25) is 0 Å². The molecule has 178 valence electrons. The molecule has 0 unspecified atom stereocenters. The Bertz CT molecular complexity index is 1670. The van der Waals surface area contributed by atoms with Crippen molar-refractivity contribution in [1.82, 2.24) is 19.6 Å². The summed E-state index contributed by atoms with van der Waals surface area (Å²) in [6.07, 6.45) is 3.88. The van der Waals surface area contributed by atoms with E-state index in [2.05, 4.69) is 98.6 Å². The zero-order valence-electron chi connectivity index (χ0n) is 21.7. The first-order valence-corrected chi connectivity index (χ1v) is 12.4. The van der Waals surface area contributed by atoms with E-state index in [0.29, 0.717) is 0 Å². The Kier molecular flexibility index (Phi) is 5.08. The number of aromatic nitrogens is 4. The van der Waals surface area contributed by atoms with Gasteiger partial charge in [-0.3, -0.25) is 9.36 Å². The number of nitrogens with zero attached hydrogens (tertiary/aromatic N) is 4. The second-order valence-corrected chi connectivity index (χ2v) is 10.0. The van der Waals surface area contributed by atoms with Crippen molar-refractivity contribution in [2.75, 3.05) is 0 Å². The van der Waals surface area contributed by atoms with Gasteiger partial charge in [-0.05, 0) is 108 Å². The lowest BCUT2D eigenvalue weighted by Gasteiger charge is -2.17. The molecule has 0 atom stereocenters. The van der Waals surface area contributed by atoms with E-state index in [1.54, 1.807) is 0 Å². The molecule has 4 heteroatoms. The molecule has 36 heavy (non-hydrogen) atoms. The molecular formula is C32H30N4. The second-order valence-electron chi connectivity index (χ2n) is 10.0. The van der Waals surface area contributed by atoms with E-state index < -0.39 is 0 Å². The van der Waals surface area contributed by atoms with E-state index >= 15 is 0 Å². The van der Waals surface area contributed by atoms with Crippen molar-refractivity contribution >= 4 is 21.8 Å². The molecule has 0 aliphatic carbocycles. The predicted octanol–water partition coefficient (Wildman–Crippen LogP) is 7.69. The SMILES string of the molecule is Cc1cc(-c2cc(C)c(-c3ccc4c(cnn4C)c3)cc2C)c(C)cc1-c1ccc2c(cnn2C)c1. The van der Waals surface area contributed by atoms with Crippen LogP contribution in [0.2, 0.25) is 0 Å². The molecule has 0 N–H and O–H groups in total. The van der Waals surface area contributed by atoms with Gasteiger partial charge in [-0.1, -0.05) is 36.4 Å². The molecule has 4 nitrogen and oxygen atoms in total. The quantitative estimate of drug-likeness (QED) is 0.266. The van der Waals surface area contributed by atoms with Crippen LogP contribution in [0.5, 0.6) is 0 Å². The first-order valence-electron chi connectivity index (χ1n) is 12.4. The van der Waals surface area contributed by atoms with Crippen LogP contribution in [0, 0.1) is 27.7 Å². The maximum absolute atomic E-state index is 4.40. The molecule has 0 bridgehead atoms. The number of rotatable bonds is 3. The van der Waals surface area contributed by atoms with Gasteiger partial charge in [-0.25, -0.2) is 0 Å². The fourth-order valence-electron chi connectivity index (χ4n) is 5.50. The van der Waals surface area contributed by atoms with Crippen LogP contribution in [0.15, 0.2) is 73.1 Å². The minimum atomic E-state index is 1.15. The average Bonchev–Trinajstić information content (AvgIpc) is 3.43. The van der Waals surface area contributed by atoms with Crippen LogP contribution >= 0.6 is 0 Å². The number of benzene rings is 4. The first-order chi connectivity index (χ1) is 17.3. The van der Waals surface area contributed by atoms with Gasteiger partial charge in [0.15, 0.2) is 0 Å². The van der Waals surface area contributed by atoms with Crippen molar-refractivity contribution < 1.29 is 0 Å². The second kappa shape index (κ2) is 8.20. The highest BCUT2D eigenvalue weighted by molar-refractivity contribution is 5.88. The third-order valence-electron chi connectivity index (χ3n) is 7.55. The van der Waals surface area contributed by atoms with E-state index in [-0.39, 0.29) is 0 Å². The molecule has 0 fully saturated rings. The van der Waals surface area contributed by atoms with Crippen LogP contribution in [-0.4, -0.2) is 19.6 Å². The monoisotopic (exact) mass is 470 g/mol. The van der Waals surface area contributed by atoms with Gasteiger partial charge in [-0.15, -0.1) is 0 Å². The lowest BCUT2D eigenvalue weighted by molar-refractivity contribution is 0.797. The molecule has 2 aromatic heterocycles. The minimum absolute atomic E-state index is 1.15. The molecule has 0 saturated heterocycles. The van der Waals surface area contributed by atoms with Crippen molar-refractivity contribution in [3.05, 3.63) is 95.3 Å². The van der Waals surface area contributed by atoms with Crippen LogP contribution in [0.3, 0.4) is 0 Å². The van der Waals surface area contributed by atoms with E-state index in [1.807, 2.05) is 35.9 Å². The van der Waals surface area contributed by atoms with Gasteiger partial charge in [0.25, 0.3) is 0 Å². The summed E-state index contributed by atoms with van der Waals surface area (Å²) in [5.74, 6) is 0. The van der Waals surface area contributed by atoms with Gasteiger partial charge in [0.05, 0.1) is 23.4 Å². The zero-order valence-corrected chi connectivity index (χ0v) is 21.7. The van der Waals surface area contributed by atoms with Crippen LogP contribution in [0.1, 0.15) is 22.3 Å². The van der Waals surface area contributed by atoms with Gasteiger partial charge in [0, 0.05) is 24.9 Å². The summed E-state index contributed by atoms with van der Waals surface area (Å²) in [6, 6.07) is 22.6. The summed E-state index contributed by atoms with van der Waals surface area (Å²) in [6.45, 7) is 8.87. The van der Waals surface area contributed by atoms with Crippen LogP contribution in [0.4, 0.5) is 0 Å². The van der Waals surface area contributed by atoms with Crippen molar-refractivity contribution in [3.63, 3.8) is 0 Å². The minimum Gasteiger partial charge on any atom is -0.268 e. The molecule has 0 saturated carbocycles. The molecule has 0 aliphatic heterocycles. The fraction of sp³-hybridized carbons (Fsp3) is 0.188. The van der Waals surface area contributed by atoms with Gasteiger partial charge in [0.1, 0.15) is 0 Å². The highest BCUT2D eigenvalue weighted by Gasteiger charge is 2.14. The van der Waals surface area contributed by atoms with Crippen LogP contribution in [-0.2, 0) is 14.1 Å². The molecule has 0 aliphatic rings. The topological polar surface area (TPSA) is 35.6 Å². The number of fused-ring (bicyclic) bond motifs is 2. The fourth-order valence-corrected chi connectivity index (χ4v) is 5.50. The Labute approximate surface area is 211 Å². The zero-order chi connectivity index (χ0) is 25.1. The Morgan fingerprint density at radius 3 is 1.25 bits per heavy atom. The summed E-state index contributed by atoms with van der Waals surface area (Å²) < 4.78 is 3.84. The van der Waals surface area contributed by atoms with Crippen LogP contribution < -0.4 is 0 Å². The summed E-state index contributed by atoms with van der Waals surface area (Å²) in [4.78, 5) is 0. The van der Waals surface area contributed by atoms with Crippen LogP contribution in [0.25, 0.3) is 55.2 Å². The third kappa shape index (κ3) is 3.53. The Morgan fingerprint density at radius 1 is 0.472 bits per heavy atom. The van der Waals surface area contributed by atoms with E-state index in [0.717, 1.165) is 11.0 Å². The molecular weight excluding hydrogens is 440 g/mol. The highest BCUT2D eigenvalue weighted by atomic mass is 15.3. The molecule has 0 radical (unpaired) electrons. The van der Waals surface area contributed by atoms with Crippen molar-refractivity contribution in [3.8, 4) is 33.4 Å². The van der Waals surface area contributed by atoms with E-state index in [4.69, 9.17) is 0 Å². The standard InChI is InChI=1S/C32H30N4/c1-19-13-29(21(3)11-27(19)23-7-9-31-25(15-23)17-33-35(31)5)30-14-20(2)28(12-22(30)4)24-8-10-32-26(16-24)18-34-36(32)6/h7-18H,1-6H3. The molecule has 2 heterocycles. The summed E-state index contributed by atoms with van der Waals surface area (Å²) >= 11 is 0. The number of hydrogen-bond acceptors (Lipinski definition) is 2. The lowest BCUT2D eigenvalue weighted by atomic mass is 9.87. The smallest absolute Gasteiger partial charge is 0.0679 e. The number of aryl methyl sites for hydroxylation is 6. The average molecular weight is 471 g/mol. The molecule has 0 amide bonds. The molecule has 4 aromatic carbocycles. The van der Waals surface area contributed by atoms with Crippen molar-refractivity contribution in [2.24, 2.45) is 14.1 Å². The lowest BCUT2D eigenvalue weighted by Crippen LogP contribution is -1.95. The van der Waals surface area contributed by atoms with E-state index in [1.165, 1.54) is 66.4 Å². The largest absolute Gasteiger partial charge is 0.268 e. The Balaban J connectivity index is 1.41. The van der Waals surface area contributed by atoms with Gasteiger partial charge in [-0.2, -0.15) is 10.2 Å². The van der Waals surface area contributed by atoms with Crippen molar-refractivity contribution in [1.29, 1.82) is 0 Å². The Morgan fingerprint density at radius 2 is 0.833 bits per heavy atom. The third-order valence-corrected chi connectivity index (χ3v) is 7.55. The maximum atomic E-state index is 4.40. The first kappa shape index (κ1) is 22.3. The maximum Gasteiger partial charge on any atom is 0.0679 e. The summed E-state index contributed by atoms with van der Waals surface area (Å²) in [5.41, 5.74) is 15.1. The summed E-state index contributed by atoms with van der Waals surface area (Å²) in [7, 11) is 3.97. The predicted molar refractivity (Wildman–Crippen MR) is 150 cm³/mol. The van der Waals surface area contributed by atoms with Crippen molar-refractivity contribution in [2.45, 2.75) is 27.7 Å². The highest BCUT2D eigenvalue weighted by Crippen LogP contribution is 2.37. The Hall–Kier alpha value is -4.18. The van der Waals surface area contributed by atoms with E-state index in [9.17, 15) is 0 Å². The molecule has 0 spiro atoms. The molecule has 6 rings (SSSR count). The van der Waals surface area contributed by atoms with Gasteiger partial charge >= 0.3 is 0 Å². The summed E-state index contributed by atoms with van der Waals surface area (Å²) in [5, 5.41) is 11.1. The van der Waals surface area contributed by atoms with Gasteiger partial charge < -0.3 is 0 Å². The number of hydrogen-bond donors (Lipinski definition) is 0. The molecule has 6 aromatic rings.